The van der Waals surface area contributed by atoms with Crippen LogP contribution < -0.4 is 0 Å². The molecule has 0 aliphatic heterocycles. The Kier molecular flexibility index (Phi) is 7.18. The Morgan fingerprint density at radius 2 is 0.673 bits per heavy atom. The smallest absolute Gasteiger partial charge is 0.0541 e. The highest BCUT2D eigenvalue weighted by atomic mass is 15.0. The van der Waals surface area contributed by atoms with Crippen LogP contribution >= 0.6 is 0 Å². The first kappa shape index (κ1) is 30.0. The number of aromatic nitrogens is 2. The van der Waals surface area contributed by atoms with E-state index < -0.39 is 0 Å². The molecule has 10 rings (SSSR count). The molecule has 0 radical (unpaired) electrons. The van der Waals surface area contributed by atoms with E-state index in [2.05, 4.69) is 215 Å². The van der Waals surface area contributed by atoms with Crippen LogP contribution in [0.15, 0.2) is 194 Å². The first-order valence-corrected chi connectivity index (χ1v) is 17.9. The summed E-state index contributed by atoms with van der Waals surface area (Å²) in [5.41, 5.74) is 14.3. The van der Waals surface area contributed by atoms with E-state index >= 15 is 0 Å². The number of nitrogens with zero attached hydrogens (tertiary/aromatic N) is 2. The molecule has 244 valence electrons. The summed E-state index contributed by atoms with van der Waals surface area (Å²) in [5, 5.41) is 5.08. The van der Waals surface area contributed by atoms with Gasteiger partial charge in [-0.1, -0.05) is 164 Å². The molecule has 2 aromatic heterocycles. The van der Waals surface area contributed by atoms with Gasteiger partial charge in [-0.05, 0) is 70.3 Å². The normalized spacial score (nSPS) is 11.8. The molecule has 0 aliphatic rings. The molecule has 52 heavy (non-hydrogen) atoms. The summed E-state index contributed by atoms with van der Waals surface area (Å²) < 4.78 is 4.78. The number of fused-ring (bicyclic) bond motifs is 6. The summed E-state index contributed by atoms with van der Waals surface area (Å²) in [6.45, 7) is 0. The zero-order chi connectivity index (χ0) is 34.4. The Hall–Kier alpha value is -6.90. The Balaban J connectivity index is 1.04. The van der Waals surface area contributed by atoms with Gasteiger partial charge in [0.05, 0.1) is 27.8 Å². The fourth-order valence-electron chi connectivity index (χ4n) is 8.04. The van der Waals surface area contributed by atoms with Crippen LogP contribution in [0.1, 0.15) is 11.1 Å². The summed E-state index contributed by atoms with van der Waals surface area (Å²) >= 11 is 0. The number of hydrogen-bond donors (Lipinski definition) is 0. The molecular weight excluding hydrogens is 629 g/mol. The molecule has 2 heteroatoms. The molecule has 0 bridgehead atoms. The standard InChI is InChI=1S/C50H34N2/c1-3-17-39(37-31-33-38(34-32-37)51-46-24-10-6-20-42(46)43-21-7-11-25-47(43)51)35(15-1)29-30-36-16-2-4-18-40(36)41-19-5-12-26-48(41)52-49-27-13-8-22-44(49)45-23-9-14-28-50(45)52/h1-34H/b30-29+. The number of rotatable bonds is 6. The maximum Gasteiger partial charge on any atom is 0.0541 e. The molecule has 0 atom stereocenters. The Bertz CT molecular complexity index is 2850. The van der Waals surface area contributed by atoms with E-state index in [9.17, 15) is 0 Å². The van der Waals surface area contributed by atoms with Gasteiger partial charge in [0.15, 0.2) is 0 Å². The molecule has 0 saturated heterocycles. The molecule has 0 unspecified atom stereocenters. The summed E-state index contributed by atoms with van der Waals surface area (Å²) in [4.78, 5) is 0. The minimum Gasteiger partial charge on any atom is -0.309 e. The zero-order valence-corrected chi connectivity index (χ0v) is 28.5. The van der Waals surface area contributed by atoms with Crippen LogP contribution in [-0.4, -0.2) is 9.13 Å². The lowest BCUT2D eigenvalue weighted by Crippen LogP contribution is -1.97. The van der Waals surface area contributed by atoms with Gasteiger partial charge < -0.3 is 9.13 Å². The first-order valence-electron chi connectivity index (χ1n) is 17.9. The monoisotopic (exact) mass is 662 g/mol. The fourth-order valence-corrected chi connectivity index (χ4v) is 8.04. The van der Waals surface area contributed by atoms with Crippen LogP contribution in [0.3, 0.4) is 0 Å². The molecule has 0 saturated carbocycles. The van der Waals surface area contributed by atoms with Gasteiger partial charge in [0.25, 0.3) is 0 Å². The van der Waals surface area contributed by atoms with E-state index in [-0.39, 0.29) is 0 Å². The van der Waals surface area contributed by atoms with Crippen molar-refractivity contribution in [3.8, 4) is 33.6 Å². The summed E-state index contributed by atoms with van der Waals surface area (Å²) in [7, 11) is 0. The first-order chi connectivity index (χ1) is 25.8. The summed E-state index contributed by atoms with van der Waals surface area (Å²) in [6, 6.07) is 69.9. The Labute approximate surface area is 302 Å². The van der Waals surface area contributed by atoms with Gasteiger partial charge in [-0.3, -0.25) is 0 Å². The maximum atomic E-state index is 2.42. The third kappa shape index (κ3) is 4.88. The van der Waals surface area contributed by atoms with Crippen molar-refractivity contribution in [2.45, 2.75) is 0 Å². The highest BCUT2D eigenvalue weighted by molar-refractivity contribution is 6.10. The van der Waals surface area contributed by atoms with E-state index in [1.165, 1.54) is 82.7 Å². The molecule has 0 N–H and O–H groups in total. The molecule has 0 fully saturated rings. The molecule has 0 aliphatic carbocycles. The lowest BCUT2D eigenvalue weighted by molar-refractivity contribution is 1.18. The van der Waals surface area contributed by atoms with Crippen molar-refractivity contribution in [2.24, 2.45) is 0 Å². The van der Waals surface area contributed by atoms with Crippen LogP contribution in [0.2, 0.25) is 0 Å². The van der Waals surface area contributed by atoms with Crippen molar-refractivity contribution in [1.82, 2.24) is 9.13 Å². The van der Waals surface area contributed by atoms with Crippen molar-refractivity contribution >= 4 is 55.8 Å². The number of para-hydroxylation sites is 5. The molecule has 2 nitrogen and oxygen atoms in total. The topological polar surface area (TPSA) is 9.86 Å². The minimum absolute atomic E-state index is 1.16. The minimum atomic E-state index is 1.16. The number of benzene rings is 8. The predicted octanol–water partition coefficient (Wildman–Crippen LogP) is 13.4. The van der Waals surface area contributed by atoms with Gasteiger partial charge in [-0.25, -0.2) is 0 Å². The zero-order valence-electron chi connectivity index (χ0n) is 28.5. The fraction of sp³-hybridized carbons (Fsp3) is 0. The van der Waals surface area contributed by atoms with E-state index in [1.54, 1.807) is 0 Å². The van der Waals surface area contributed by atoms with Gasteiger partial charge >= 0.3 is 0 Å². The van der Waals surface area contributed by atoms with E-state index in [0.29, 0.717) is 0 Å². The highest BCUT2D eigenvalue weighted by Crippen LogP contribution is 2.38. The van der Waals surface area contributed by atoms with Crippen LogP contribution in [-0.2, 0) is 0 Å². The van der Waals surface area contributed by atoms with Crippen molar-refractivity contribution in [1.29, 1.82) is 0 Å². The SMILES string of the molecule is C(=C\c1ccccc1-c1ccccc1-n1c2ccccc2c2ccccc21)/c1ccccc1-c1ccc(-n2c3ccccc3c3ccccc32)cc1. The molecule has 10 aromatic rings. The average Bonchev–Trinajstić information content (AvgIpc) is 3.73. The van der Waals surface area contributed by atoms with Gasteiger partial charge in [0, 0.05) is 32.8 Å². The van der Waals surface area contributed by atoms with E-state index in [4.69, 9.17) is 0 Å². The van der Waals surface area contributed by atoms with Crippen LogP contribution in [0, 0.1) is 0 Å². The average molecular weight is 663 g/mol. The molecule has 0 spiro atoms. The van der Waals surface area contributed by atoms with Gasteiger partial charge in [-0.15, -0.1) is 0 Å². The predicted molar refractivity (Wildman–Crippen MR) is 221 cm³/mol. The summed E-state index contributed by atoms with van der Waals surface area (Å²) in [5.74, 6) is 0. The highest BCUT2D eigenvalue weighted by Gasteiger charge is 2.16. The van der Waals surface area contributed by atoms with E-state index in [1.807, 2.05) is 0 Å². The third-order valence-corrected chi connectivity index (χ3v) is 10.4. The van der Waals surface area contributed by atoms with Crippen LogP contribution in [0.25, 0.3) is 89.4 Å². The molecule has 0 amide bonds. The summed E-state index contributed by atoms with van der Waals surface area (Å²) in [6.07, 6.45) is 4.53. The van der Waals surface area contributed by atoms with Crippen molar-refractivity contribution in [3.05, 3.63) is 205 Å². The van der Waals surface area contributed by atoms with Crippen molar-refractivity contribution in [2.75, 3.05) is 0 Å². The van der Waals surface area contributed by atoms with Crippen molar-refractivity contribution in [3.63, 3.8) is 0 Å². The molecule has 8 aromatic carbocycles. The van der Waals surface area contributed by atoms with Gasteiger partial charge in [-0.2, -0.15) is 0 Å². The second-order valence-electron chi connectivity index (χ2n) is 13.3. The molecular formula is C50H34N2. The second kappa shape index (κ2) is 12.5. The van der Waals surface area contributed by atoms with Crippen LogP contribution in [0.5, 0.6) is 0 Å². The lowest BCUT2D eigenvalue weighted by Gasteiger charge is -2.16. The largest absolute Gasteiger partial charge is 0.309 e. The Morgan fingerprint density at radius 1 is 0.288 bits per heavy atom. The maximum absolute atomic E-state index is 2.42. The molecule has 2 heterocycles. The van der Waals surface area contributed by atoms with Gasteiger partial charge in [0.1, 0.15) is 0 Å². The lowest BCUT2D eigenvalue weighted by atomic mass is 9.95. The quantitative estimate of drug-likeness (QED) is 0.157. The van der Waals surface area contributed by atoms with Crippen molar-refractivity contribution < 1.29 is 0 Å². The Morgan fingerprint density at radius 3 is 1.21 bits per heavy atom. The second-order valence-corrected chi connectivity index (χ2v) is 13.3. The van der Waals surface area contributed by atoms with E-state index in [0.717, 1.165) is 5.69 Å². The number of hydrogen-bond acceptors (Lipinski definition) is 0. The third-order valence-electron chi connectivity index (χ3n) is 10.4. The van der Waals surface area contributed by atoms with Gasteiger partial charge in [0.2, 0.25) is 0 Å². The van der Waals surface area contributed by atoms with Crippen LogP contribution in [0.4, 0.5) is 0 Å².